The Kier molecular flexibility index (Phi) is 11.7. The van der Waals surface area contributed by atoms with Gasteiger partial charge < -0.3 is 25.6 Å². The van der Waals surface area contributed by atoms with Crippen LogP contribution in [0.5, 0.6) is 11.5 Å². The lowest BCUT2D eigenvalue weighted by Crippen LogP contribution is -2.50. The third-order valence-corrected chi connectivity index (χ3v) is 13.9. The van der Waals surface area contributed by atoms with Crippen molar-refractivity contribution in [2.45, 2.75) is 62.9 Å². The Morgan fingerprint density at radius 1 is 0.773 bits per heavy atom. The monoisotopic (exact) mass is 896 g/mol. The molecule has 5 aromatic rings. The average molecular weight is 897 g/mol. The molecule has 1 aromatic heterocycles. The van der Waals surface area contributed by atoms with E-state index in [-0.39, 0.29) is 29.5 Å². The van der Waals surface area contributed by atoms with Gasteiger partial charge in [-0.15, -0.1) is 0 Å². The number of carbonyl (C=O) groups is 5. The van der Waals surface area contributed by atoms with Gasteiger partial charge in [0.1, 0.15) is 28.5 Å². The Labute approximate surface area is 380 Å². The Bertz CT molecular complexity index is 2690. The molecule has 0 spiro atoms. The summed E-state index contributed by atoms with van der Waals surface area (Å²) >= 11 is 0. The molecule has 4 N–H and O–H groups in total. The van der Waals surface area contributed by atoms with Crippen LogP contribution in [0.15, 0.2) is 97.2 Å². The van der Waals surface area contributed by atoms with Crippen molar-refractivity contribution in [1.29, 1.82) is 0 Å². The number of fused-ring (bicyclic) bond motifs is 3. The van der Waals surface area contributed by atoms with Crippen LogP contribution >= 0.6 is 0 Å². The highest BCUT2D eigenvalue weighted by atomic mass is 19.1. The lowest BCUT2D eigenvalue weighted by atomic mass is 9.90. The zero-order valence-corrected chi connectivity index (χ0v) is 36.2. The van der Waals surface area contributed by atoms with E-state index in [4.69, 9.17) is 4.74 Å². The highest BCUT2D eigenvalue weighted by Gasteiger charge is 2.56. The molecule has 0 radical (unpaired) electrons. The van der Waals surface area contributed by atoms with E-state index < -0.39 is 23.0 Å². The smallest absolute Gasteiger partial charge is 0.240 e. The maximum atomic E-state index is 15.9. The minimum Gasteiger partial charge on any atom is -0.457 e. The molecule has 14 nitrogen and oxygen atoms in total. The van der Waals surface area contributed by atoms with Crippen LogP contribution in [0.4, 0.5) is 31.5 Å². The Morgan fingerprint density at radius 3 is 2.06 bits per heavy atom. The normalized spacial score (nSPS) is 21.7. The number of anilines is 4. The number of imide groups is 1. The molecule has 3 atom stereocenters. The third-order valence-electron chi connectivity index (χ3n) is 13.9. The second kappa shape index (κ2) is 17.9. The highest BCUT2D eigenvalue weighted by molar-refractivity contribution is 6.17. The standard InChI is InChI=1S/C50H50F2N8O6/c51-32-3-7-34(8-4-32)55-48(64)50(18-19-50)49(65)56-35-9-11-38(12-10-35)66-44-15-20-53-42-25-43(41(52)24-40(42)44)58-21-16-30(17-22-58)26-59-27-37-23-36(59)28-60(37)29-46(62)54-33-5-1-31(2-6-33)39-13-14-45(61)57-47(39)63/h1-12,15,20,24-25,30,36-37,39H,13-14,16-19,21-23,26-29H2,(H,54,62)(H,55,64)(H,56,65)(H,57,61,63)/t36-,37-,39?/m0/s1. The van der Waals surface area contributed by atoms with Gasteiger partial charge in [0.15, 0.2) is 0 Å². The summed E-state index contributed by atoms with van der Waals surface area (Å²) in [6.45, 7) is 4.55. The zero-order valence-electron chi connectivity index (χ0n) is 36.2. The van der Waals surface area contributed by atoms with Crippen LogP contribution in [0.1, 0.15) is 56.4 Å². The summed E-state index contributed by atoms with van der Waals surface area (Å²) in [5.41, 5.74) is 2.34. The molecule has 4 aromatic carbocycles. The fourth-order valence-electron chi connectivity index (χ4n) is 10.0. The second-order valence-electron chi connectivity index (χ2n) is 18.3. The van der Waals surface area contributed by atoms with Crippen molar-refractivity contribution in [2.24, 2.45) is 11.3 Å². The van der Waals surface area contributed by atoms with Gasteiger partial charge in [-0.1, -0.05) is 12.1 Å². The summed E-state index contributed by atoms with van der Waals surface area (Å²) in [4.78, 5) is 74.4. The molecule has 5 aliphatic rings. The number of rotatable bonds is 13. The van der Waals surface area contributed by atoms with Crippen LogP contribution < -0.4 is 30.9 Å². The van der Waals surface area contributed by atoms with Gasteiger partial charge in [-0.3, -0.25) is 44.1 Å². The van der Waals surface area contributed by atoms with Crippen LogP contribution in [-0.2, 0) is 24.0 Å². The molecule has 340 valence electrons. The predicted octanol–water partition coefficient (Wildman–Crippen LogP) is 6.80. The van der Waals surface area contributed by atoms with Gasteiger partial charge in [0.2, 0.25) is 29.5 Å². The maximum Gasteiger partial charge on any atom is 0.240 e. The van der Waals surface area contributed by atoms with Crippen molar-refractivity contribution in [3.05, 3.63) is 114 Å². The summed E-state index contributed by atoms with van der Waals surface area (Å²) in [5.74, 6) is -1.18. The molecule has 1 unspecified atom stereocenters. The molecular formula is C50H50F2N8O6. The predicted molar refractivity (Wildman–Crippen MR) is 244 cm³/mol. The van der Waals surface area contributed by atoms with E-state index in [0.29, 0.717) is 95.4 Å². The van der Waals surface area contributed by atoms with E-state index in [1.807, 2.05) is 24.3 Å². The molecule has 2 bridgehead atoms. The summed E-state index contributed by atoms with van der Waals surface area (Å²) < 4.78 is 35.4. The summed E-state index contributed by atoms with van der Waals surface area (Å²) in [6.07, 6.45) is 6.17. The molecule has 5 heterocycles. The maximum absolute atomic E-state index is 15.9. The van der Waals surface area contributed by atoms with Crippen molar-refractivity contribution in [1.82, 2.24) is 20.1 Å². The van der Waals surface area contributed by atoms with Crippen molar-refractivity contribution >= 4 is 63.2 Å². The largest absolute Gasteiger partial charge is 0.457 e. The minimum absolute atomic E-state index is 0.0668. The van der Waals surface area contributed by atoms with Gasteiger partial charge in [0.25, 0.3) is 0 Å². The fourth-order valence-corrected chi connectivity index (χ4v) is 10.0. The average Bonchev–Trinajstić information content (AvgIpc) is 3.92. The molecule has 4 saturated heterocycles. The topological polar surface area (TPSA) is 165 Å². The van der Waals surface area contributed by atoms with E-state index in [9.17, 15) is 28.4 Å². The summed E-state index contributed by atoms with van der Waals surface area (Å²) in [7, 11) is 0. The molecule has 1 aliphatic carbocycles. The number of piperazine rings is 1. The molecule has 16 heteroatoms. The Balaban J connectivity index is 0.681. The van der Waals surface area contributed by atoms with Gasteiger partial charge >= 0.3 is 0 Å². The lowest BCUT2D eigenvalue weighted by molar-refractivity contribution is -0.134. The van der Waals surface area contributed by atoms with Gasteiger partial charge in [-0.2, -0.15) is 0 Å². The van der Waals surface area contributed by atoms with E-state index in [1.54, 1.807) is 42.6 Å². The molecule has 5 fully saturated rings. The van der Waals surface area contributed by atoms with Gasteiger partial charge in [-0.05, 0) is 129 Å². The number of pyridine rings is 1. The van der Waals surface area contributed by atoms with Crippen LogP contribution in [0.25, 0.3) is 10.9 Å². The van der Waals surface area contributed by atoms with E-state index in [0.717, 1.165) is 57.5 Å². The Hall–Kier alpha value is -6.78. The zero-order chi connectivity index (χ0) is 45.5. The number of likely N-dealkylation sites (tertiary alicyclic amines) is 2. The lowest BCUT2D eigenvalue weighted by Gasteiger charge is -2.39. The van der Waals surface area contributed by atoms with E-state index >= 15 is 4.39 Å². The number of aromatic nitrogens is 1. The number of nitrogens with zero attached hydrogens (tertiary/aromatic N) is 4. The van der Waals surface area contributed by atoms with Gasteiger partial charge in [0, 0.05) is 79.9 Å². The highest BCUT2D eigenvalue weighted by Crippen LogP contribution is 2.48. The number of ether oxygens (including phenoxy) is 1. The molecule has 10 rings (SSSR count). The minimum atomic E-state index is -1.19. The molecule has 5 amide bonds. The first-order valence-electron chi connectivity index (χ1n) is 22.7. The molecule has 66 heavy (non-hydrogen) atoms. The number of carbonyl (C=O) groups excluding carboxylic acids is 5. The van der Waals surface area contributed by atoms with E-state index in [2.05, 4.69) is 41.0 Å². The quantitative estimate of drug-likeness (QED) is 0.0731. The first-order valence-corrected chi connectivity index (χ1v) is 22.7. The number of halogens is 2. The SMILES string of the molecule is O=C1CCC(c2ccc(NC(=O)CN3C[C@@H]4C[C@H]3CN4CC3CCN(c4cc5nccc(Oc6ccc(NC(=O)C7(C(=O)Nc8ccc(F)cc8)CC7)cc6)c5cc4F)CC3)cc2)C(=O)N1. The number of piperidine rings is 2. The number of amides is 5. The van der Waals surface area contributed by atoms with Gasteiger partial charge in [0.05, 0.1) is 23.7 Å². The van der Waals surface area contributed by atoms with Crippen LogP contribution in [0.2, 0.25) is 0 Å². The van der Waals surface area contributed by atoms with Crippen molar-refractivity contribution in [3.8, 4) is 11.5 Å². The van der Waals surface area contributed by atoms with Crippen molar-refractivity contribution < 1.29 is 37.5 Å². The van der Waals surface area contributed by atoms with E-state index in [1.165, 1.54) is 30.3 Å². The first kappa shape index (κ1) is 43.1. The number of hydrogen-bond acceptors (Lipinski definition) is 10. The fraction of sp³-hybridized carbons (Fsp3) is 0.360. The second-order valence-corrected chi connectivity index (χ2v) is 18.3. The number of benzene rings is 4. The summed E-state index contributed by atoms with van der Waals surface area (Å²) in [5, 5.41) is 11.5. The van der Waals surface area contributed by atoms with Gasteiger partial charge in [-0.25, -0.2) is 8.78 Å². The van der Waals surface area contributed by atoms with Crippen LogP contribution in [-0.4, -0.2) is 95.7 Å². The Morgan fingerprint density at radius 2 is 1.41 bits per heavy atom. The van der Waals surface area contributed by atoms with Crippen LogP contribution in [0, 0.1) is 23.0 Å². The third kappa shape index (κ3) is 9.07. The molecule has 1 saturated carbocycles. The molecular weight excluding hydrogens is 847 g/mol. The van der Waals surface area contributed by atoms with Crippen LogP contribution in [0.3, 0.4) is 0 Å². The molecule has 4 aliphatic heterocycles. The van der Waals surface area contributed by atoms with Crippen molar-refractivity contribution in [2.75, 3.05) is 60.1 Å². The van der Waals surface area contributed by atoms with Crippen molar-refractivity contribution in [3.63, 3.8) is 0 Å². The first-order chi connectivity index (χ1) is 32.0. The summed E-state index contributed by atoms with van der Waals surface area (Å²) in [6, 6.07) is 25.1. The number of hydrogen-bond donors (Lipinski definition) is 4. The number of nitrogens with one attached hydrogen (secondary N) is 4.